The number of rotatable bonds is 2. The molecule has 0 saturated carbocycles. The van der Waals surface area contributed by atoms with E-state index in [1.165, 1.54) is 28.9 Å². The summed E-state index contributed by atoms with van der Waals surface area (Å²) in [6.45, 7) is 0. The number of nitrogens with one attached hydrogen (secondary N) is 1. The highest BCUT2D eigenvalue weighted by molar-refractivity contribution is 5.70. The van der Waals surface area contributed by atoms with Crippen LogP contribution in [0, 0.1) is 0 Å². The highest BCUT2D eigenvalue weighted by Crippen LogP contribution is 1.95. The number of hydrogen-bond acceptors (Lipinski definition) is 3. The van der Waals surface area contributed by atoms with Gasteiger partial charge in [-0.25, -0.2) is 0 Å². The molecular formula is C10H8N2O4. The minimum atomic E-state index is -1.08. The molecule has 0 aliphatic heterocycles. The van der Waals surface area contributed by atoms with Crippen molar-refractivity contribution in [2.75, 3.05) is 0 Å². The van der Waals surface area contributed by atoms with Crippen LogP contribution in [-0.4, -0.2) is 20.5 Å². The van der Waals surface area contributed by atoms with Crippen molar-refractivity contribution in [3.63, 3.8) is 0 Å². The van der Waals surface area contributed by atoms with Crippen LogP contribution in [0.25, 0.3) is 5.65 Å². The van der Waals surface area contributed by atoms with Gasteiger partial charge in [0.2, 0.25) is 0 Å². The van der Waals surface area contributed by atoms with E-state index in [2.05, 4.69) is 4.98 Å². The van der Waals surface area contributed by atoms with Gasteiger partial charge in [0.25, 0.3) is 5.56 Å². The quantitative estimate of drug-likeness (QED) is 0.721. The molecule has 2 rings (SSSR count). The summed E-state index contributed by atoms with van der Waals surface area (Å²) in [7, 11) is 0. The molecular weight excluding hydrogens is 212 g/mol. The van der Waals surface area contributed by atoms with Gasteiger partial charge in [0.15, 0.2) is 5.43 Å². The van der Waals surface area contributed by atoms with E-state index >= 15 is 0 Å². The molecule has 0 aliphatic rings. The predicted octanol–water partition coefficient (Wildman–Crippen LogP) is -0.385. The maximum absolute atomic E-state index is 11.8. The first-order valence-electron chi connectivity index (χ1n) is 4.53. The number of aliphatic carboxylic acids is 1. The Bertz CT molecular complexity index is 668. The van der Waals surface area contributed by atoms with Crippen molar-refractivity contribution in [3.05, 3.63) is 50.7 Å². The van der Waals surface area contributed by atoms with E-state index in [1.54, 1.807) is 0 Å². The molecule has 0 spiro atoms. The second kappa shape index (κ2) is 3.65. The summed E-state index contributed by atoms with van der Waals surface area (Å²) in [5.41, 5.74) is -0.173. The van der Waals surface area contributed by atoms with Gasteiger partial charge in [-0.2, -0.15) is 0 Å². The lowest BCUT2D eigenvalue weighted by atomic mass is 10.2. The lowest BCUT2D eigenvalue weighted by Crippen LogP contribution is -2.22. The van der Waals surface area contributed by atoms with Gasteiger partial charge in [-0.15, -0.1) is 0 Å². The van der Waals surface area contributed by atoms with Crippen LogP contribution in [-0.2, 0) is 11.2 Å². The molecule has 0 saturated heterocycles. The Balaban J connectivity index is 2.70. The van der Waals surface area contributed by atoms with Crippen LogP contribution in [0.4, 0.5) is 0 Å². The molecule has 0 bridgehead atoms. The number of aromatic nitrogens is 2. The zero-order valence-electron chi connectivity index (χ0n) is 8.14. The van der Waals surface area contributed by atoms with Crippen molar-refractivity contribution < 1.29 is 9.90 Å². The summed E-state index contributed by atoms with van der Waals surface area (Å²) in [6.07, 6.45) is 2.28. The number of hydrogen-bond donors (Lipinski definition) is 2. The van der Waals surface area contributed by atoms with Crippen LogP contribution in [0.2, 0.25) is 0 Å². The van der Waals surface area contributed by atoms with Gasteiger partial charge in [-0.3, -0.25) is 18.8 Å². The van der Waals surface area contributed by atoms with Crippen molar-refractivity contribution in [1.82, 2.24) is 9.38 Å². The maximum Gasteiger partial charge on any atom is 0.308 e. The van der Waals surface area contributed by atoms with Crippen LogP contribution in [0.3, 0.4) is 0 Å². The largest absolute Gasteiger partial charge is 0.481 e. The van der Waals surface area contributed by atoms with Gasteiger partial charge in [0, 0.05) is 30.1 Å². The molecule has 0 aromatic carbocycles. The number of H-pyrrole nitrogens is 1. The highest BCUT2D eigenvalue weighted by Gasteiger charge is 2.07. The molecule has 6 nitrogen and oxygen atoms in total. The van der Waals surface area contributed by atoms with E-state index in [1.807, 2.05) is 0 Å². The van der Waals surface area contributed by atoms with Crippen LogP contribution < -0.4 is 11.0 Å². The SMILES string of the molecule is O=C(O)Cc1c[nH]c2cc(=O)ccn2c1=O. The second-order valence-electron chi connectivity index (χ2n) is 3.31. The molecule has 6 heteroatoms. The highest BCUT2D eigenvalue weighted by atomic mass is 16.4. The molecule has 0 unspecified atom stereocenters. The van der Waals surface area contributed by atoms with Gasteiger partial charge in [-0.1, -0.05) is 0 Å². The minimum absolute atomic E-state index is 0.142. The normalized spacial score (nSPS) is 10.5. The van der Waals surface area contributed by atoms with Gasteiger partial charge in [0.05, 0.1) is 6.42 Å². The first-order chi connectivity index (χ1) is 7.58. The Morgan fingerprint density at radius 3 is 2.88 bits per heavy atom. The number of pyridine rings is 1. The molecule has 0 amide bonds. The summed E-state index contributed by atoms with van der Waals surface area (Å²) in [6, 6.07) is 2.51. The molecule has 0 atom stereocenters. The Morgan fingerprint density at radius 2 is 2.19 bits per heavy atom. The van der Waals surface area contributed by atoms with Crippen LogP contribution >= 0.6 is 0 Å². The lowest BCUT2D eigenvalue weighted by molar-refractivity contribution is -0.136. The van der Waals surface area contributed by atoms with E-state index in [4.69, 9.17) is 5.11 Å². The average molecular weight is 220 g/mol. The van der Waals surface area contributed by atoms with E-state index in [-0.39, 0.29) is 17.4 Å². The molecule has 0 radical (unpaired) electrons. The van der Waals surface area contributed by atoms with Gasteiger partial charge in [-0.05, 0) is 0 Å². The number of carboxylic acids is 1. The fourth-order valence-electron chi connectivity index (χ4n) is 1.44. The summed E-state index contributed by atoms with van der Waals surface area (Å²) >= 11 is 0. The third-order valence-electron chi connectivity index (χ3n) is 2.16. The number of aromatic amines is 1. The summed E-state index contributed by atoms with van der Waals surface area (Å²) in [5, 5.41) is 8.60. The molecule has 2 N–H and O–H groups in total. The summed E-state index contributed by atoms with van der Waals surface area (Å²) in [5.74, 6) is -1.08. The van der Waals surface area contributed by atoms with Crippen molar-refractivity contribution in [2.45, 2.75) is 6.42 Å². The number of fused-ring (bicyclic) bond motifs is 1. The van der Waals surface area contributed by atoms with Gasteiger partial charge in [0.1, 0.15) is 5.65 Å². The molecule has 2 aromatic rings. The summed E-state index contributed by atoms with van der Waals surface area (Å²) in [4.78, 5) is 36.0. The Kier molecular flexibility index (Phi) is 2.32. The first kappa shape index (κ1) is 10.2. The van der Waals surface area contributed by atoms with Crippen LogP contribution in [0.1, 0.15) is 5.56 Å². The third kappa shape index (κ3) is 1.72. The Hall–Kier alpha value is -2.37. The molecule has 16 heavy (non-hydrogen) atoms. The molecule has 0 aliphatic carbocycles. The minimum Gasteiger partial charge on any atom is -0.481 e. The molecule has 0 fully saturated rings. The molecule has 2 aromatic heterocycles. The fourth-order valence-corrected chi connectivity index (χ4v) is 1.44. The zero-order chi connectivity index (χ0) is 11.7. The lowest BCUT2D eigenvalue weighted by Gasteiger charge is -2.02. The van der Waals surface area contributed by atoms with Crippen molar-refractivity contribution in [2.24, 2.45) is 0 Å². The fraction of sp³-hybridized carbons (Fsp3) is 0.100. The molecule has 2 heterocycles. The van der Waals surface area contributed by atoms with Crippen molar-refractivity contribution in [1.29, 1.82) is 0 Å². The van der Waals surface area contributed by atoms with Crippen molar-refractivity contribution >= 4 is 11.6 Å². The Labute approximate surface area is 88.8 Å². The topological polar surface area (TPSA) is 91.6 Å². The second-order valence-corrected chi connectivity index (χ2v) is 3.31. The number of nitrogens with zero attached hydrogens (tertiary/aromatic N) is 1. The van der Waals surface area contributed by atoms with Gasteiger partial charge < -0.3 is 10.1 Å². The third-order valence-corrected chi connectivity index (χ3v) is 2.16. The monoisotopic (exact) mass is 220 g/mol. The number of carbonyl (C=O) groups is 1. The average Bonchev–Trinajstić information content (AvgIpc) is 2.22. The number of carboxylic acid groups (broad SMARTS) is 1. The van der Waals surface area contributed by atoms with Crippen molar-refractivity contribution in [3.8, 4) is 0 Å². The zero-order valence-corrected chi connectivity index (χ0v) is 8.14. The Morgan fingerprint density at radius 1 is 1.44 bits per heavy atom. The summed E-state index contributed by atoms with van der Waals surface area (Å²) < 4.78 is 1.21. The van der Waals surface area contributed by atoms with Gasteiger partial charge >= 0.3 is 5.97 Å². The predicted molar refractivity (Wildman–Crippen MR) is 55.6 cm³/mol. The van der Waals surface area contributed by atoms with Crippen LogP contribution in [0.15, 0.2) is 34.1 Å². The van der Waals surface area contributed by atoms with E-state index < -0.39 is 11.5 Å². The maximum atomic E-state index is 11.8. The first-order valence-corrected chi connectivity index (χ1v) is 4.53. The standard InChI is InChI=1S/C10H8N2O4/c13-7-1-2-12-8(4-7)11-5-6(10(12)16)3-9(14)15/h1-2,4-5,11H,3H2,(H,14,15). The molecule has 82 valence electrons. The van der Waals surface area contributed by atoms with E-state index in [0.717, 1.165) is 0 Å². The van der Waals surface area contributed by atoms with Crippen LogP contribution in [0.5, 0.6) is 0 Å². The van der Waals surface area contributed by atoms with E-state index in [0.29, 0.717) is 5.65 Å². The van der Waals surface area contributed by atoms with E-state index in [9.17, 15) is 14.4 Å². The smallest absolute Gasteiger partial charge is 0.308 e.